The van der Waals surface area contributed by atoms with Crippen molar-refractivity contribution in [2.45, 2.75) is 44.5 Å². The lowest BCUT2D eigenvalue weighted by atomic mass is 10.1. The third-order valence-electron chi connectivity index (χ3n) is 4.58. The summed E-state index contributed by atoms with van der Waals surface area (Å²) >= 11 is 0. The molecule has 0 bridgehead atoms. The predicted octanol–water partition coefficient (Wildman–Crippen LogP) is 0.682. The quantitative estimate of drug-likeness (QED) is 0.777. The van der Waals surface area contributed by atoms with E-state index < -0.39 is 6.10 Å². The summed E-state index contributed by atoms with van der Waals surface area (Å²) in [7, 11) is 0. The van der Waals surface area contributed by atoms with Crippen LogP contribution in [0.15, 0.2) is 24.3 Å². The summed E-state index contributed by atoms with van der Waals surface area (Å²) in [6.45, 7) is 1.25. The van der Waals surface area contributed by atoms with Gasteiger partial charge in [0.2, 0.25) is 0 Å². The zero-order valence-corrected chi connectivity index (χ0v) is 12.7. The van der Waals surface area contributed by atoms with Crippen LogP contribution in [-0.2, 0) is 25.9 Å². The smallest absolute Gasteiger partial charge is 0.315 e. The molecule has 0 radical (unpaired) electrons. The molecule has 23 heavy (non-hydrogen) atoms. The first kappa shape index (κ1) is 14.2. The topological polar surface area (TPSA) is 92.1 Å². The van der Waals surface area contributed by atoms with Crippen LogP contribution in [0.1, 0.15) is 35.2 Å². The van der Waals surface area contributed by atoms with E-state index in [2.05, 4.69) is 25.4 Å². The number of amides is 2. The Morgan fingerprint density at radius 3 is 3.13 bits per heavy atom. The summed E-state index contributed by atoms with van der Waals surface area (Å²) in [6, 6.07) is 7.12. The molecule has 0 spiro atoms. The van der Waals surface area contributed by atoms with Crippen molar-refractivity contribution in [3.63, 3.8) is 0 Å². The van der Waals surface area contributed by atoms with Crippen molar-refractivity contribution in [2.24, 2.45) is 0 Å². The van der Waals surface area contributed by atoms with Crippen molar-refractivity contribution >= 4 is 6.03 Å². The van der Waals surface area contributed by atoms with E-state index in [-0.39, 0.29) is 12.1 Å². The van der Waals surface area contributed by atoms with E-state index in [9.17, 15) is 9.90 Å². The first-order valence-corrected chi connectivity index (χ1v) is 7.93. The van der Waals surface area contributed by atoms with E-state index >= 15 is 0 Å². The minimum absolute atomic E-state index is 0.305. The molecular weight excluding hydrogens is 294 g/mol. The number of nitrogens with zero attached hydrogens (tertiary/aromatic N) is 3. The number of rotatable bonds is 3. The average Bonchev–Trinajstić information content (AvgIpc) is 3.21. The number of benzene rings is 1. The SMILES string of the molecule is O=C(NCc1nnc2n1CCC2)N[C@@H]1c2ccccc2C[C@@H]1O. The molecule has 3 N–H and O–H groups in total. The van der Waals surface area contributed by atoms with Crippen molar-refractivity contribution < 1.29 is 9.90 Å². The summed E-state index contributed by atoms with van der Waals surface area (Å²) in [4.78, 5) is 12.2. The molecule has 0 saturated carbocycles. The van der Waals surface area contributed by atoms with E-state index in [4.69, 9.17) is 0 Å². The van der Waals surface area contributed by atoms with Gasteiger partial charge >= 0.3 is 6.03 Å². The largest absolute Gasteiger partial charge is 0.390 e. The fraction of sp³-hybridized carbons (Fsp3) is 0.438. The lowest BCUT2D eigenvalue weighted by molar-refractivity contribution is 0.142. The number of aliphatic hydroxyl groups excluding tert-OH is 1. The number of urea groups is 1. The van der Waals surface area contributed by atoms with Gasteiger partial charge in [-0.05, 0) is 17.5 Å². The lowest BCUT2D eigenvalue weighted by Gasteiger charge is -2.18. The van der Waals surface area contributed by atoms with E-state index in [0.29, 0.717) is 13.0 Å². The fourth-order valence-electron chi connectivity index (χ4n) is 3.44. The Morgan fingerprint density at radius 1 is 1.35 bits per heavy atom. The number of aryl methyl sites for hydroxylation is 1. The van der Waals surface area contributed by atoms with Crippen molar-refractivity contribution in [1.29, 1.82) is 0 Å². The molecule has 0 unspecified atom stereocenters. The third-order valence-corrected chi connectivity index (χ3v) is 4.58. The molecule has 1 aromatic carbocycles. The minimum Gasteiger partial charge on any atom is -0.390 e. The summed E-state index contributed by atoms with van der Waals surface area (Å²) < 4.78 is 2.06. The number of hydrogen-bond donors (Lipinski definition) is 3. The van der Waals surface area contributed by atoms with Gasteiger partial charge in [-0.1, -0.05) is 24.3 Å². The third kappa shape index (κ3) is 2.57. The Hall–Kier alpha value is -2.41. The van der Waals surface area contributed by atoms with Gasteiger partial charge in [0, 0.05) is 19.4 Å². The van der Waals surface area contributed by atoms with Crippen LogP contribution in [0.25, 0.3) is 0 Å². The number of carbonyl (C=O) groups is 1. The molecule has 2 aromatic rings. The van der Waals surface area contributed by atoms with Gasteiger partial charge in [0.25, 0.3) is 0 Å². The number of carbonyl (C=O) groups excluding carboxylic acids is 1. The molecule has 1 aliphatic heterocycles. The second-order valence-electron chi connectivity index (χ2n) is 6.06. The first-order valence-electron chi connectivity index (χ1n) is 7.93. The van der Waals surface area contributed by atoms with Crippen molar-refractivity contribution in [3.8, 4) is 0 Å². The van der Waals surface area contributed by atoms with Gasteiger partial charge in [-0.25, -0.2) is 4.79 Å². The second kappa shape index (κ2) is 5.66. The predicted molar refractivity (Wildman–Crippen MR) is 82.6 cm³/mol. The van der Waals surface area contributed by atoms with Gasteiger partial charge in [0.1, 0.15) is 5.82 Å². The summed E-state index contributed by atoms with van der Waals surface area (Å²) in [5.74, 6) is 1.77. The van der Waals surface area contributed by atoms with Crippen LogP contribution < -0.4 is 10.6 Å². The lowest BCUT2D eigenvalue weighted by Crippen LogP contribution is -2.41. The monoisotopic (exact) mass is 313 g/mol. The molecule has 2 heterocycles. The highest BCUT2D eigenvalue weighted by Gasteiger charge is 2.31. The number of aromatic nitrogens is 3. The molecule has 0 fully saturated rings. The van der Waals surface area contributed by atoms with Crippen molar-refractivity contribution in [3.05, 3.63) is 47.0 Å². The molecule has 2 amide bonds. The van der Waals surface area contributed by atoms with Gasteiger partial charge in [0.05, 0.1) is 18.7 Å². The van der Waals surface area contributed by atoms with Crippen LogP contribution in [0.5, 0.6) is 0 Å². The van der Waals surface area contributed by atoms with Crippen LogP contribution in [0.3, 0.4) is 0 Å². The second-order valence-corrected chi connectivity index (χ2v) is 6.06. The molecule has 2 atom stereocenters. The highest BCUT2D eigenvalue weighted by molar-refractivity contribution is 5.74. The van der Waals surface area contributed by atoms with Gasteiger partial charge in [-0.15, -0.1) is 10.2 Å². The Kier molecular flexibility index (Phi) is 3.49. The average molecular weight is 313 g/mol. The van der Waals surface area contributed by atoms with Gasteiger partial charge < -0.3 is 20.3 Å². The molecule has 120 valence electrons. The van der Waals surface area contributed by atoms with Crippen molar-refractivity contribution in [2.75, 3.05) is 0 Å². The Labute approximate surface area is 133 Å². The maximum atomic E-state index is 12.2. The Balaban J connectivity index is 1.39. The molecule has 4 rings (SSSR count). The van der Waals surface area contributed by atoms with E-state index in [1.165, 1.54) is 0 Å². The first-order chi connectivity index (χ1) is 11.2. The Morgan fingerprint density at radius 2 is 2.22 bits per heavy atom. The molecule has 7 heteroatoms. The highest BCUT2D eigenvalue weighted by Crippen LogP contribution is 2.31. The van der Waals surface area contributed by atoms with E-state index in [1.54, 1.807) is 0 Å². The van der Waals surface area contributed by atoms with Crippen LogP contribution in [0.2, 0.25) is 0 Å². The van der Waals surface area contributed by atoms with Crippen LogP contribution >= 0.6 is 0 Å². The minimum atomic E-state index is -0.588. The standard InChI is InChI=1S/C16H19N5O2/c22-12-8-10-4-1-2-5-11(10)15(12)18-16(23)17-9-14-20-19-13-6-3-7-21(13)14/h1-2,4-5,12,15,22H,3,6-9H2,(H2,17,18,23)/t12-,15+/m0/s1. The van der Waals surface area contributed by atoms with Crippen LogP contribution in [0.4, 0.5) is 4.79 Å². The molecular formula is C16H19N5O2. The van der Waals surface area contributed by atoms with Gasteiger partial charge in [-0.2, -0.15) is 0 Å². The maximum absolute atomic E-state index is 12.2. The fourth-order valence-corrected chi connectivity index (χ4v) is 3.44. The van der Waals surface area contributed by atoms with Crippen molar-refractivity contribution in [1.82, 2.24) is 25.4 Å². The zero-order chi connectivity index (χ0) is 15.8. The molecule has 1 aromatic heterocycles. The van der Waals surface area contributed by atoms with Gasteiger partial charge in [-0.3, -0.25) is 0 Å². The summed E-state index contributed by atoms with van der Waals surface area (Å²) in [5.41, 5.74) is 2.07. The van der Waals surface area contributed by atoms with E-state index in [0.717, 1.165) is 42.2 Å². The Bertz CT molecular complexity index is 742. The molecule has 2 aliphatic rings. The number of fused-ring (bicyclic) bond motifs is 2. The number of hydrogen-bond acceptors (Lipinski definition) is 4. The number of aliphatic hydroxyl groups is 1. The highest BCUT2D eigenvalue weighted by atomic mass is 16.3. The maximum Gasteiger partial charge on any atom is 0.315 e. The van der Waals surface area contributed by atoms with Crippen LogP contribution in [-0.4, -0.2) is 32.0 Å². The van der Waals surface area contributed by atoms with Crippen LogP contribution in [0, 0.1) is 0 Å². The molecule has 1 aliphatic carbocycles. The normalized spacial score (nSPS) is 21.8. The summed E-state index contributed by atoms with van der Waals surface area (Å²) in [6.07, 6.45) is 2.01. The summed E-state index contributed by atoms with van der Waals surface area (Å²) in [5, 5.41) is 24.1. The zero-order valence-electron chi connectivity index (χ0n) is 12.7. The van der Waals surface area contributed by atoms with Gasteiger partial charge in [0.15, 0.2) is 5.82 Å². The molecule has 7 nitrogen and oxygen atoms in total. The number of nitrogens with one attached hydrogen (secondary N) is 2. The molecule has 0 saturated heterocycles. The van der Waals surface area contributed by atoms with E-state index in [1.807, 2.05) is 24.3 Å².